The van der Waals surface area contributed by atoms with Gasteiger partial charge in [0, 0.05) is 42.5 Å². The van der Waals surface area contributed by atoms with Crippen LogP contribution in [-0.2, 0) is 22.7 Å². The van der Waals surface area contributed by atoms with Gasteiger partial charge >= 0.3 is 6.18 Å². The molecule has 0 unspecified atom stereocenters. The molecule has 0 spiro atoms. The zero-order chi connectivity index (χ0) is 30.3. The van der Waals surface area contributed by atoms with Crippen molar-refractivity contribution in [2.75, 3.05) is 5.32 Å². The molecule has 11 nitrogen and oxygen atoms in total. The Bertz CT molecular complexity index is 1670. The zero-order valence-electron chi connectivity index (χ0n) is 22.8. The fourth-order valence-electron chi connectivity index (χ4n) is 4.97. The smallest absolute Gasteiger partial charge is 0.317 e. The average Bonchev–Trinajstić information content (AvgIpc) is 3.59. The second kappa shape index (κ2) is 11.4. The van der Waals surface area contributed by atoms with Gasteiger partial charge in [0.05, 0.1) is 9.57 Å². The van der Waals surface area contributed by atoms with Crippen LogP contribution in [0, 0.1) is 12.8 Å². The largest absolute Gasteiger partial charge is 0.408 e. The van der Waals surface area contributed by atoms with E-state index in [9.17, 15) is 27.6 Å². The number of nitrogens with zero attached hydrogens (tertiary/aromatic N) is 7. The van der Waals surface area contributed by atoms with Gasteiger partial charge in [-0.2, -0.15) is 23.4 Å². The second-order valence-corrected chi connectivity index (χ2v) is 11.5. The second-order valence-electron chi connectivity index (χ2n) is 10.2. The van der Waals surface area contributed by atoms with Crippen molar-refractivity contribution in [3.63, 3.8) is 0 Å². The lowest BCUT2D eigenvalue weighted by atomic mass is 10.0. The summed E-state index contributed by atoms with van der Waals surface area (Å²) in [7, 11) is 0. The third kappa shape index (κ3) is 6.15. The molecule has 1 fully saturated rings. The number of hydrogen-bond acceptors (Lipinski definition) is 7. The molecule has 1 saturated heterocycles. The Morgan fingerprint density at radius 2 is 1.81 bits per heavy atom. The maximum Gasteiger partial charge on any atom is 0.408 e. The number of benzene rings is 1. The zero-order valence-corrected chi connectivity index (χ0v) is 24.9. The van der Waals surface area contributed by atoms with Gasteiger partial charge in [-0.15, -0.1) is 0 Å². The molecule has 42 heavy (non-hydrogen) atoms. The highest BCUT2D eigenvalue weighted by molar-refractivity contribution is 14.1. The normalized spacial score (nSPS) is 18.9. The molecular weight excluding hydrogens is 668 g/mol. The summed E-state index contributed by atoms with van der Waals surface area (Å²) in [6.45, 7) is 3.58. The summed E-state index contributed by atoms with van der Waals surface area (Å²) in [6.07, 6.45) is 0.394. The van der Waals surface area contributed by atoms with Crippen molar-refractivity contribution < 1.29 is 27.6 Å². The van der Waals surface area contributed by atoms with Crippen LogP contribution in [0.15, 0.2) is 42.9 Å². The van der Waals surface area contributed by atoms with Gasteiger partial charge in [0.25, 0.3) is 0 Å². The Morgan fingerprint density at radius 3 is 2.48 bits per heavy atom. The van der Waals surface area contributed by atoms with Gasteiger partial charge in [0.1, 0.15) is 30.6 Å². The van der Waals surface area contributed by atoms with Gasteiger partial charge < -0.3 is 10.2 Å². The molecule has 1 N–H and O–H groups in total. The van der Waals surface area contributed by atoms with Gasteiger partial charge in [0.2, 0.25) is 11.8 Å². The quantitative estimate of drug-likeness (QED) is 0.132. The molecule has 0 saturated carbocycles. The highest BCUT2D eigenvalue weighted by Gasteiger charge is 2.44. The SMILES string of the molecule is CC(=O)c1nn(CC(=O)N2[C@H](I)[C@@H](C)C[C@H]2C(=O)Nc2ccn(CC(F)(F)F)n2)c2ccc(-c3cnc(C)nc3)cc12. The van der Waals surface area contributed by atoms with E-state index in [0.29, 0.717) is 27.8 Å². The third-order valence-corrected chi connectivity index (χ3v) is 8.80. The van der Waals surface area contributed by atoms with E-state index in [2.05, 4.69) is 48.1 Å². The molecule has 1 aliphatic heterocycles. The van der Waals surface area contributed by atoms with Gasteiger partial charge in [-0.3, -0.25) is 23.7 Å². The van der Waals surface area contributed by atoms with Crippen LogP contribution in [0.2, 0.25) is 0 Å². The fourth-order valence-corrected chi connectivity index (χ4v) is 5.96. The van der Waals surface area contributed by atoms with E-state index in [1.165, 1.54) is 22.6 Å². The summed E-state index contributed by atoms with van der Waals surface area (Å²) in [6, 6.07) is 5.81. The molecule has 0 bridgehead atoms. The average molecular weight is 694 g/mol. The van der Waals surface area contributed by atoms with E-state index in [4.69, 9.17) is 0 Å². The van der Waals surface area contributed by atoms with E-state index in [1.807, 2.05) is 13.0 Å². The van der Waals surface area contributed by atoms with Gasteiger partial charge in [-0.25, -0.2) is 9.97 Å². The van der Waals surface area contributed by atoms with Crippen molar-refractivity contribution in [1.29, 1.82) is 0 Å². The highest BCUT2D eigenvalue weighted by atomic mass is 127. The standard InChI is InChI=1S/C27H26F3IN8O3/c1-14-8-21(26(42)34-22-6-7-37(35-22)13-27(28,29)30)39(25(14)31)23(41)12-38-20-5-4-17(18-10-32-16(3)33-11-18)9-19(20)24(36-38)15(2)40/h4-7,9-11,14,21,25H,8,12-13H2,1-3H3,(H,34,35,42)/t14-,21-,25-/m0/s1. The number of aromatic nitrogens is 6. The van der Waals surface area contributed by atoms with Gasteiger partial charge in [-0.1, -0.05) is 35.6 Å². The molecule has 1 aliphatic rings. The number of anilines is 1. The van der Waals surface area contributed by atoms with E-state index in [-0.39, 0.29) is 33.8 Å². The summed E-state index contributed by atoms with van der Waals surface area (Å²) >= 11 is 2.11. The number of amides is 2. The number of alkyl halides is 4. The molecule has 1 aromatic carbocycles. The molecule has 5 rings (SSSR count). The van der Waals surface area contributed by atoms with Crippen molar-refractivity contribution in [3.05, 3.63) is 54.4 Å². The molecule has 2 amide bonds. The lowest BCUT2D eigenvalue weighted by Gasteiger charge is -2.27. The first-order valence-electron chi connectivity index (χ1n) is 13.0. The van der Waals surface area contributed by atoms with Crippen LogP contribution >= 0.6 is 22.6 Å². The predicted molar refractivity (Wildman–Crippen MR) is 155 cm³/mol. The first kappa shape index (κ1) is 29.6. The number of aryl methyl sites for hydroxylation is 1. The summed E-state index contributed by atoms with van der Waals surface area (Å²) in [5, 5.41) is 11.3. The number of rotatable bonds is 7. The maximum atomic E-state index is 13.7. The summed E-state index contributed by atoms with van der Waals surface area (Å²) in [5.74, 6) is -0.659. The van der Waals surface area contributed by atoms with Crippen molar-refractivity contribution in [3.8, 4) is 11.1 Å². The molecule has 3 aromatic heterocycles. The number of hydrogen-bond donors (Lipinski definition) is 1. The number of halogens is 4. The van der Waals surface area contributed by atoms with Crippen LogP contribution in [0.25, 0.3) is 22.0 Å². The summed E-state index contributed by atoms with van der Waals surface area (Å²) < 4.78 is 39.9. The molecular formula is C27H26F3IN8O3. The first-order valence-corrected chi connectivity index (χ1v) is 14.2. The van der Waals surface area contributed by atoms with Crippen molar-refractivity contribution in [2.45, 2.75) is 56.5 Å². The Hall–Kier alpha value is -3.89. The van der Waals surface area contributed by atoms with Crippen LogP contribution in [0.3, 0.4) is 0 Å². The lowest BCUT2D eigenvalue weighted by Crippen LogP contribution is -2.46. The third-order valence-electron chi connectivity index (χ3n) is 6.97. The Kier molecular flexibility index (Phi) is 8.04. The maximum absolute atomic E-state index is 13.7. The van der Waals surface area contributed by atoms with Crippen molar-refractivity contribution >= 4 is 56.9 Å². The van der Waals surface area contributed by atoms with Gasteiger partial charge in [-0.05, 0) is 37.0 Å². The van der Waals surface area contributed by atoms with Crippen LogP contribution in [0.1, 0.15) is 36.6 Å². The number of nitrogens with one attached hydrogen (secondary N) is 1. The molecule has 0 aliphatic carbocycles. The van der Waals surface area contributed by atoms with Crippen LogP contribution < -0.4 is 5.32 Å². The lowest BCUT2D eigenvalue weighted by molar-refractivity contribution is -0.142. The molecule has 3 atom stereocenters. The van der Waals surface area contributed by atoms with Crippen LogP contribution in [0.4, 0.5) is 19.0 Å². The van der Waals surface area contributed by atoms with Crippen LogP contribution in [0.5, 0.6) is 0 Å². The van der Waals surface area contributed by atoms with Gasteiger partial charge in [0.15, 0.2) is 11.6 Å². The van der Waals surface area contributed by atoms with E-state index in [0.717, 1.165) is 17.3 Å². The summed E-state index contributed by atoms with van der Waals surface area (Å²) in [4.78, 5) is 49.3. The molecule has 15 heteroatoms. The van der Waals surface area contributed by atoms with Crippen LogP contribution in [-0.4, -0.2) is 68.3 Å². The number of carbonyl (C=O) groups excluding carboxylic acids is 3. The molecule has 4 aromatic rings. The molecule has 220 valence electrons. The van der Waals surface area contributed by atoms with E-state index < -0.39 is 30.6 Å². The first-order chi connectivity index (χ1) is 19.8. The topological polar surface area (TPSA) is 128 Å². The Morgan fingerprint density at radius 1 is 1.10 bits per heavy atom. The molecule has 4 heterocycles. The fraction of sp³-hybridized carbons (Fsp3) is 0.370. The Labute approximate surface area is 251 Å². The predicted octanol–water partition coefficient (Wildman–Crippen LogP) is 4.40. The minimum atomic E-state index is -4.46. The monoisotopic (exact) mass is 694 g/mol. The summed E-state index contributed by atoms with van der Waals surface area (Å²) in [5.41, 5.74) is 2.32. The number of Topliss-reactive ketones (excluding diaryl/α,β-unsaturated/α-hetero) is 1. The van der Waals surface area contributed by atoms with E-state index in [1.54, 1.807) is 31.5 Å². The van der Waals surface area contributed by atoms with E-state index >= 15 is 0 Å². The number of fused-ring (bicyclic) bond motifs is 1. The number of likely N-dealkylation sites (tertiary alicyclic amines) is 1. The Balaban J connectivity index is 1.38. The van der Waals surface area contributed by atoms with Crippen molar-refractivity contribution in [2.24, 2.45) is 5.92 Å². The molecule has 0 radical (unpaired) electrons. The minimum Gasteiger partial charge on any atom is -0.317 e. The minimum absolute atomic E-state index is 0.0329. The number of carbonyl (C=O) groups is 3. The van der Waals surface area contributed by atoms with Crippen molar-refractivity contribution in [1.82, 2.24) is 34.4 Å². The highest BCUT2D eigenvalue weighted by Crippen LogP contribution is 2.35. The number of ketones is 1.